The number of aryl methyl sites for hydroxylation is 2. The van der Waals surface area contributed by atoms with Gasteiger partial charge >= 0.3 is 0 Å². The number of rotatable bonds is 3. The molecule has 0 spiro atoms. The van der Waals surface area contributed by atoms with E-state index in [1.807, 2.05) is 31.2 Å². The fourth-order valence-corrected chi connectivity index (χ4v) is 1.70. The number of pyridine rings is 1. The van der Waals surface area contributed by atoms with Crippen LogP contribution in [0.4, 0.5) is 0 Å². The minimum atomic E-state index is -0.597. The van der Waals surface area contributed by atoms with Crippen LogP contribution in [-0.4, -0.2) is 10.1 Å². The first-order valence-electron chi connectivity index (χ1n) is 5.96. The maximum Gasteiger partial charge on any atom is 0.225 e. The highest BCUT2D eigenvalue weighted by Gasteiger charge is 2.10. The van der Waals surface area contributed by atoms with E-state index < -0.39 is 6.10 Å². The van der Waals surface area contributed by atoms with Crippen molar-refractivity contribution in [2.24, 2.45) is 0 Å². The Hall–Kier alpha value is -1.87. The molecule has 0 radical (unpaired) electrons. The molecule has 0 saturated carbocycles. The van der Waals surface area contributed by atoms with Gasteiger partial charge in [-0.1, -0.05) is 6.07 Å². The molecule has 0 amide bonds. The minimum Gasteiger partial charge on any atom is -0.439 e. The molecule has 0 bridgehead atoms. The number of aromatic nitrogens is 1. The van der Waals surface area contributed by atoms with Crippen LogP contribution in [0.25, 0.3) is 0 Å². The van der Waals surface area contributed by atoms with E-state index in [-0.39, 0.29) is 0 Å². The minimum absolute atomic E-state index is 0.454. The summed E-state index contributed by atoms with van der Waals surface area (Å²) in [5.41, 5.74) is 3.08. The number of aliphatic hydroxyl groups is 1. The Bertz CT molecular complexity index is 550. The predicted octanol–water partition coefficient (Wildman–Crippen LogP) is 3.54. The van der Waals surface area contributed by atoms with Crippen molar-refractivity contribution in [3.8, 4) is 11.6 Å². The Balaban J connectivity index is 2.31. The molecule has 1 aromatic heterocycles. The fourth-order valence-electron chi connectivity index (χ4n) is 1.70. The second-order valence-corrected chi connectivity index (χ2v) is 4.42. The van der Waals surface area contributed by atoms with Crippen LogP contribution in [0.1, 0.15) is 29.7 Å². The van der Waals surface area contributed by atoms with E-state index >= 15 is 0 Å². The number of ether oxygens (including phenoxy) is 1. The lowest BCUT2D eigenvalue weighted by molar-refractivity contribution is 0.194. The molecule has 94 valence electrons. The van der Waals surface area contributed by atoms with Gasteiger partial charge in [-0.05, 0) is 56.2 Å². The molecule has 1 atom stereocenters. The molecule has 1 N–H and O–H groups in total. The molecule has 2 rings (SSSR count). The summed E-state index contributed by atoms with van der Waals surface area (Å²) in [6, 6.07) is 9.48. The lowest BCUT2D eigenvalue weighted by Crippen LogP contribution is -1.98. The smallest absolute Gasteiger partial charge is 0.225 e. The molecule has 0 saturated heterocycles. The molecular formula is C15H17NO2. The molecule has 3 heteroatoms. The normalized spacial score (nSPS) is 12.2. The van der Waals surface area contributed by atoms with E-state index in [4.69, 9.17) is 4.74 Å². The first-order chi connectivity index (χ1) is 8.58. The van der Waals surface area contributed by atoms with Crippen molar-refractivity contribution in [2.75, 3.05) is 0 Å². The van der Waals surface area contributed by atoms with Gasteiger partial charge < -0.3 is 9.84 Å². The SMILES string of the molecule is Cc1ccc(Oc2ncccc2C(C)O)cc1C. The summed E-state index contributed by atoms with van der Waals surface area (Å²) >= 11 is 0. The average molecular weight is 243 g/mol. The van der Waals surface area contributed by atoms with Gasteiger partial charge in [-0.3, -0.25) is 0 Å². The highest BCUT2D eigenvalue weighted by molar-refractivity contribution is 5.38. The highest BCUT2D eigenvalue weighted by atomic mass is 16.5. The Kier molecular flexibility index (Phi) is 3.63. The van der Waals surface area contributed by atoms with Crippen molar-refractivity contribution in [2.45, 2.75) is 26.9 Å². The third-order valence-electron chi connectivity index (χ3n) is 2.94. The molecule has 1 aromatic carbocycles. The van der Waals surface area contributed by atoms with Crippen molar-refractivity contribution >= 4 is 0 Å². The summed E-state index contributed by atoms with van der Waals surface area (Å²) < 4.78 is 5.74. The number of hydrogen-bond acceptors (Lipinski definition) is 3. The van der Waals surface area contributed by atoms with Crippen LogP contribution < -0.4 is 4.74 Å². The van der Waals surface area contributed by atoms with Crippen molar-refractivity contribution in [1.29, 1.82) is 0 Å². The van der Waals surface area contributed by atoms with Crippen LogP contribution >= 0.6 is 0 Å². The monoisotopic (exact) mass is 243 g/mol. The summed E-state index contributed by atoms with van der Waals surface area (Å²) in [4.78, 5) is 4.17. The van der Waals surface area contributed by atoms with Gasteiger partial charge in [0, 0.05) is 11.8 Å². The number of aliphatic hydroxyl groups excluding tert-OH is 1. The van der Waals surface area contributed by atoms with E-state index in [2.05, 4.69) is 11.9 Å². The zero-order chi connectivity index (χ0) is 13.1. The third kappa shape index (κ3) is 2.68. The molecule has 2 aromatic rings. The second-order valence-electron chi connectivity index (χ2n) is 4.42. The number of nitrogens with zero attached hydrogens (tertiary/aromatic N) is 1. The van der Waals surface area contributed by atoms with Crippen LogP contribution in [0.15, 0.2) is 36.5 Å². The fraction of sp³-hybridized carbons (Fsp3) is 0.267. The summed E-state index contributed by atoms with van der Waals surface area (Å²) in [5, 5.41) is 9.66. The molecule has 1 unspecified atom stereocenters. The summed E-state index contributed by atoms with van der Waals surface area (Å²) in [6.07, 6.45) is 1.06. The van der Waals surface area contributed by atoms with Gasteiger partial charge in [0.15, 0.2) is 0 Å². The van der Waals surface area contributed by atoms with Gasteiger partial charge in [-0.25, -0.2) is 4.98 Å². The Morgan fingerprint density at radius 2 is 1.94 bits per heavy atom. The Labute approximate surface area is 107 Å². The van der Waals surface area contributed by atoms with Crippen molar-refractivity contribution in [3.05, 3.63) is 53.2 Å². The number of benzene rings is 1. The molecule has 0 fully saturated rings. The zero-order valence-corrected chi connectivity index (χ0v) is 10.8. The summed E-state index contributed by atoms with van der Waals surface area (Å²) in [5.74, 6) is 1.19. The number of hydrogen-bond donors (Lipinski definition) is 1. The topological polar surface area (TPSA) is 42.4 Å². The van der Waals surface area contributed by atoms with Gasteiger partial charge in [-0.2, -0.15) is 0 Å². The average Bonchev–Trinajstić information content (AvgIpc) is 2.34. The maximum absolute atomic E-state index is 9.66. The van der Waals surface area contributed by atoms with E-state index in [1.54, 1.807) is 19.2 Å². The van der Waals surface area contributed by atoms with E-state index in [0.29, 0.717) is 11.4 Å². The molecule has 18 heavy (non-hydrogen) atoms. The van der Waals surface area contributed by atoms with Crippen LogP contribution in [-0.2, 0) is 0 Å². The van der Waals surface area contributed by atoms with Crippen molar-refractivity contribution in [1.82, 2.24) is 4.98 Å². The highest BCUT2D eigenvalue weighted by Crippen LogP contribution is 2.28. The first kappa shape index (κ1) is 12.6. The zero-order valence-electron chi connectivity index (χ0n) is 10.8. The van der Waals surface area contributed by atoms with E-state index in [0.717, 1.165) is 5.75 Å². The van der Waals surface area contributed by atoms with E-state index in [9.17, 15) is 5.11 Å². The lowest BCUT2D eigenvalue weighted by atomic mass is 10.1. The van der Waals surface area contributed by atoms with E-state index in [1.165, 1.54) is 11.1 Å². The van der Waals surface area contributed by atoms with Crippen LogP contribution in [0, 0.1) is 13.8 Å². The second kappa shape index (κ2) is 5.19. The lowest BCUT2D eigenvalue weighted by Gasteiger charge is -2.12. The Morgan fingerprint density at radius 3 is 2.61 bits per heavy atom. The van der Waals surface area contributed by atoms with Gasteiger partial charge in [-0.15, -0.1) is 0 Å². The Morgan fingerprint density at radius 1 is 1.17 bits per heavy atom. The summed E-state index contributed by atoms with van der Waals surface area (Å²) in [7, 11) is 0. The molecular weight excluding hydrogens is 226 g/mol. The van der Waals surface area contributed by atoms with Crippen LogP contribution in [0.2, 0.25) is 0 Å². The van der Waals surface area contributed by atoms with Gasteiger partial charge in [0.1, 0.15) is 5.75 Å². The molecule has 3 nitrogen and oxygen atoms in total. The van der Waals surface area contributed by atoms with Crippen LogP contribution in [0.3, 0.4) is 0 Å². The molecule has 0 aliphatic heterocycles. The molecule has 1 heterocycles. The molecule has 0 aliphatic rings. The standard InChI is InChI=1S/C15H17NO2/c1-10-6-7-13(9-11(10)2)18-15-14(12(3)17)5-4-8-16-15/h4-9,12,17H,1-3H3. The predicted molar refractivity (Wildman–Crippen MR) is 70.9 cm³/mol. The van der Waals surface area contributed by atoms with Gasteiger partial charge in [0.25, 0.3) is 0 Å². The first-order valence-corrected chi connectivity index (χ1v) is 5.96. The summed E-state index contributed by atoms with van der Waals surface area (Å²) in [6.45, 7) is 5.79. The van der Waals surface area contributed by atoms with Crippen LogP contribution in [0.5, 0.6) is 11.6 Å². The van der Waals surface area contributed by atoms with Crippen molar-refractivity contribution < 1.29 is 9.84 Å². The maximum atomic E-state index is 9.66. The molecule has 0 aliphatic carbocycles. The van der Waals surface area contributed by atoms with Gasteiger partial charge in [0.05, 0.1) is 6.10 Å². The van der Waals surface area contributed by atoms with Gasteiger partial charge in [0.2, 0.25) is 5.88 Å². The third-order valence-corrected chi connectivity index (χ3v) is 2.94. The largest absolute Gasteiger partial charge is 0.439 e. The quantitative estimate of drug-likeness (QED) is 0.896. The van der Waals surface area contributed by atoms with Crippen molar-refractivity contribution in [3.63, 3.8) is 0 Å².